The zero-order valence-electron chi connectivity index (χ0n) is 36.7. The summed E-state index contributed by atoms with van der Waals surface area (Å²) in [6.07, 6.45) is 6.59. The molecule has 3 atom stereocenters. The number of unbranched alkanes of at least 4 members (excludes halogenated alkanes) is 1. The van der Waals surface area contributed by atoms with E-state index in [2.05, 4.69) is 44.3 Å². The maximum Gasteiger partial charge on any atom is 0.386 e. The first-order valence-electron chi connectivity index (χ1n) is 19.3. The molecule has 0 radical (unpaired) electrons. The lowest BCUT2D eigenvalue weighted by Crippen LogP contribution is -2.17. The highest BCUT2D eigenvalue weighted by molar-refractivity contribution is 4.63. The van der Waals surface area contributed by atoms with Crippen molar-refractivity contribution in [3.8, 4) is 6.07 Å². The first-order valence-corrected chi connectivity index (χ1v) is 19.3. The molecule has 12 heteroatoms. The van der Waals surface area contributed by atoms with Crippen molar-refractivity contribution >= 4 is 0 Å². The summed E-state index contributed by atoms with van der Waals surface area (Å²) in [5.41, 5.74) is 10.3. The summed E-state index contributed by atoms with van der Waals surface area (Å²) in [7, 11) is 1.68. The number of aliphatic hydroxyl groups excluding tert-OH is 2. The Balaban J connectivity index is -0.0000000456. The highest BCUT2D eigenvalue weighted by Crippen LogP contribution is 2.10. The second kappa shape index (κ2) is 82.4. The smallest absolute Gasteiger partial charge is 0.386 e. The van der Waals surface area contributed by atoms with Crippen LogP contribution in [0.3, 0.4) is 0 Å². The lowest BCUT2D eigenvalue weighted by atomic mass is 10.3. The van der Waals surface area contributed by atoms with E-state index >= 15 is 0 Å². The monoisotopic (exact) mass is 761 g/mol. The van der Waals surface area contributed by atoms with Crippen molar-refractivity contribution < 1.29 is 36.9 Å². The molecule has 0 bridgehead atoms. The Morgan fingerprint density at radius 3 is 1.10 bits per heavy atom. The van der Waals surface area contributed by atoms with E-state index in [0.29, 0.717) is 31.9 Å². The molecule has 1 aliphatic heterocycles. The van der Waals surface area contributed by atoms with Gasteiger partial charge in [-0.2, -0.15) is 18.4 Å². The van der Waals surface area contributed by atoms with Gasteiger partial charge in [0.05, 0.1) is 25.0 Å². The van der Waals surface area contributed by atoms with Crippen LogP contribution in [0.2, 0.25) is 0 Å². The number of alkyl halides is 5. The van der Waals surface area contributed by atoms with Crippen molar-refractivity contribution in [2.75, 3.05) is 53.2 Å². The van der Waals surface area contributed by atoms with Crippen LogP contribution in [0.25, 0.3) is 0 Å². The second-order valence-electron chi connectivity index (χ2n) is 11.0. The van der Waals surface area contributed by atoms with Gasteiger partial charge in [0.2, 0.25) is 0 Å². The van der Waals surface area contributed by atoms with Crippen molar-refractivity contribution in [3.05, 3.63) is 0 Å². The predicted octanol–water partition coefficient (Wildman–Crippen LogP) is 11.4. The number of rotatable bonds is 9. The molecule has 1 saturated heterocycles. The Morgan fingerprint density at radius 2 is 1.06 bits per heavy atom. The van der Waals surface area contributed by atoms with Crippen LogP contribution in [-0.4, -0.2) is 92.8 Å². The van der Waals surface area contributed by atoms with Crippen molar-refractivity contribution in [1.29, 1.82) is 5.26 Å². The average molecular weight is 761 g/mol. The largest absolute Gasteiger partial charge is 0.396 e. The minimum atomic E-state index is -4.00. The Labute approximate surface area is 316 Å². The summed E-state index contributed by atoms with van der Waals surface area (Å²) in [5.74, 6) is 0. The van der Waals surface area contributed by atoms with Gasteiger partial charge in [0.1, 0.15) is 0 Å². The molecule has 0 aliphatic carbocycles. The number of hydrogen-bond donors (Lipinski definition) is 4. The third-order valence-corrected chi connectivity index (χ3v) is 5.09. The Morgan fingerprint density at radius 1 is 0.804 bits per heavy atom. The fourth-order valence-electron chi connectivity index (χ4n) is 1.10. The van der Waals surface area contributed by atoms with E-state index in [1.807, 2.05) is 47.6 Å². The summed E-state index contributed by atoms with van der Waals surface area (Å²) in [6, 6.07) is 2.31. The van der Waals surface area contributed by atoms with Gasteiger partial charge in [-0.05, 0) is 105 Å². The van der Waals surface area contributed by atoms with Crippen molar-refractivity contribution in [2.45, 2.75) is 199 Å². The molecule has 7 nitrogen and oxygen atoms in total. The lowest BCUT2D eigenvalue weighted by Gasteiger charge is -2.08. The molecule has 6 N–H and O–H groups in total. The molecule has 0 amide bonds. The van der Waals surface area contributed by atoms with Crippen LogP contribution >= 0.6 is 0 Å². The highest BCUT2D eigenvalue weighted by atomic mass is 19.4. The van der Waals surface area contributed by atoms with E-state index in [9.17, 15) is 22.0 Å². The highest BCUT2D eigenvalue weighted by Gasteiger charge is 2.15. The van der Waals surface area contributed by atoms with Crippen molar-refractivity contribution in [2.24, 2.45) is 11.5 Å². The van der Waals surface area contributed by atoms with Crippen LogP contribution in [-0.2, 0) is 4.74 Å². The molecular formula is C39H93F5N4O3. The number of nitriles is 1. The Bertz CT molecular complexity index is 436. The number of ether oxygens (including phenoxy) is 1. The van der Waals surface area contributed by atoms with E-state index < -0.39 is 12.3 Å². The summed E-state index contributed by atoms with van der Waals surface area (Å²) in [5, 5.41) is 23.9. The SMILES string of the molecule is CC(F)(F)F.CCC#N.CCC(C)F.CCC(C)N.CCC(C)O.CCCC.CCCF.CCCN.CCCO.CCN1CCCC1.CCOC. The van der Waals surface area contributed by atoms with Gasteiger partial charge in [-0.25, -0.2) is 4.39 Å². The van der Waals surface area contributed by atoms with E-state index in [1.54, 1.807) is 27.9 Å². The standard InChI is InChI=1S/C6H13N.C4H9F.C4H11N.C4H10O.C4H10.C3H7F.C3H9N.C3H5N.2C3H8O.C2H3F3/c1-2-7-5-3-4-6-7;3*1-3-4(2)5;1-3-4-2;3*1-2-3-4;1-3-4-2;1-2-3-4;1-2(3,4)5/h2-6H2,1H3;4H,3H2,1-2H3;4H,3,5H2,1-2H3;4-5H,3H2,1-2H3;3-4H2,1-2H3;2-3H2,1H3;2-4H2,1H3;2H2,1H3;3H2,1-2H3;4H,2-3H2,1H3;1H3. The molecule has 1 heterocycles. The van der Waals surface area contributed by atoms with Gasteiger partial charge in [-0.3, -0.25) is 4.39 Å². The number of nitrogens with zero attached hydrogens (tertiary/aromatic N) is 2. The van der Waals surface area contributed by atoms with Crippen LogP contribution in [0.15, 0.2) is 0 Å². The van der Waals surface area contributed by atoms with Gasteiger partial charge in [-0.15, -0.1) is 0 Å². The van der Waals surface area contributed by atoms with E-state index in [0.717, 1.165) is 38.8 Å². The van der Waals surface area contributed by atoms with Gasteiger partial charge in [0.25, 0.3) is 0 Å². The Kier molecular flexibility index (Phi) is 121. The quantitative estimate of drug-likeness (QED) is 0.172. The molecule has 1 aliphatic rings. The molecule has 1 rings (SSSR count). The molecular weight excluding hydrogens is 667 g/mol. The van der Waals surface area contributed by atoms with Crippen LogP contribution < -0.4 is 11.5 Å². The Hall–Kier alpha value is -1.10. The molecule has 51 heavy (non-hydrogen) atoms. The van der Waals surface area contributed by atoms with Crippen LogP contribution in [0.5, 0.6) is 0 Å². The number of hydrogen-bond acceptors (Lipinski definition) is 7. The topological polar surface area (TPSA) is 129 Å². The first-order chi connectivity index (χ1) is 23.7. The van der Waals surface area contributed by atoms with Crippen LogP contribution in [0, 0.1) is 11.3 Å². The average Bonchev–Trinajstić information content (AvgIpc) is 3.66. The second-order valence-corrected chi connectivity index (χ2v) is 11.0. The molecule has 0 spiro atoms. The number of halogens is 5. The van der Waals surface area contributed by atoms with Gasteiger partial charge < -0.3 is 31.3 Å². The number of aliphatic hydroxyl groups is 2. The van der Waals surface area contributed by atoms with Crippen LogP contribution in [0.4, 0.5) is 22.0 Å². The van der Waals surface area contributed by atoms with Gasteiger partial charge in [0, 0.05) is 39.7 Å². The van der Waals surface area contributed by atoms with Gasteiger partial charge in [0.15, 0.2) is 0 Å². The van der Waals surface area contributed by atoms with E-state index in [-0.39, 0.29) is 19.7 Å². The summed E-state index contributed by atoms with van der Waals surface area (Å²) >= 11 is 0. The summed E-state index contributed by atoms with van der Waals surface area (Å²) < 4.78 is 57.8. The van der Waals surface area contributed by atoms with Gasteiger partial charge in [-0.1, -0.05) is 82.1 Å². The van der Waals surface area contributed by atoms with Crippen molar-refractivity contribution in [1.82, 2.24) is 4.90 Å². The minimum Gasteiger partial charge on any atom is -0.396 e. The zero-order chi connectivity index (χ0) is 43.0. The molecule has 0 saturated carbocycles. The third kappa shape index (κ3) is 272. The number of nitrogens with two attached hydrogens (primary N) is 2. The van der Waals surface area contributed by atoms with Crippen molar-refractivity contribution in [3.63, 3.8) is 0 Å². The fraction of sp³-hybridized carbons (Fsp3) is 0.974. The van der Waals surface area contributed by atoms with Crippen LogP contribution in [0.1, 0.15) is 174 Å². The molecule has 0 aromatic rings. The maximum atomic E-state index is 11.4. The predicted molar refractivity (Wildman–Crippen MR) is 217 cm³/mol. The maximum absolute atomic E-state index is 11.4. The summed E-state index contributed by atoms with van der Waals surface area (Å²) in [6.45, 7) is 33.2. The van der Waals surface area contributed by atoms with E-state index in [4.69, 9.17) is 26.9 Å². The normalized spacial score (nSPS) is 12.2. The minimum absolute atomic E-state index is 0.116. The number of methoxy groups -OCH3 is 1. The number of likely N-dealkylation sites (tertiary alicyclic amines) is 1. The fourth-order valence-corrected chi connectivity index (χ4v) is 1.10. The molecule has 3 unspecified atom stereocenters. The summed E-state index contributed by atoms with van der Waals surface area (Å²) in [4.78, 5) is 2.49. The zero-order valence-corrected chi connectivity index (χ0v) is 36.7. The van der Waals surface area contributed by atoms with E-state index in [1.165, 1.54) is 45.3 Å². The van der Waals surface area contributed by atoms with Gasteiger partial charge >= 0.3 is 6.18 Å². The lowest BCUT2D eigenvalue weighted by molar-refractivity contribution is -0.110. The first kappa shape index (κ1) is 75.0. The molecule has 1 fully saturated rings. The molecule has 0 aromatic heterocycles. The third-order valence-electron chi connectivity index (χ3n) is 5.09. The molecule has 0 aromatic carbocycles. The molecule has 322 valence electrons.